The van der Waals surface area contributed by atoms with Crippen LogP contribution in [-0.2, 0) is 9.47 Å². The predicted molar refractivity (Wildman–Crippen MR) is 141 cm³/mol. The van der Waals surface area contributed by atoms with Crippen LogP contribution in [0.4, 0.5) is 0 Å². The number of hydrogen-bond acceptors (Lipinski definition) is 4. The Kier molecular flexibility index (Phi) is 9.50. The number of fused-ring (bicyclic) bond motifs is 1. The highest BCUT2D eigenvalue weighted by molar-refractivity contribution is 5.38. The minimum atomic E-state index is -0.763. The monoisotopic (exact) mass is 475 g/mol. The average molecular weight is 476 g/mol. The van der Waals surface area contributed by atoms with Crippen molar-refractivity contribution in [2.75, 3.05) is 13.2 Å². The Morgan fingerprint density at radius 1 is 1.12 bits per heavy atom. The number of allylic oxidation sites excluding steroid dienone is 3. The molecule has 0 aromatic carbocycles. The number of rotatable bonds is 16. The van der Waals surface area contributed by atoms with Crippen LogP contribution in [0.1, 0.15) is 106 Å². The maximum absolute atomic E-state index is 10.3. The van der Waals surface area contributed by atoms with Crippen molar-refractivity contribution in [3.63, 3.8) is 0 Å². The van der Waals surface area contributed by atoms with Gasteiger partial charge in [-0.15, -0.1) is 0 Å². The van der Waals surface area contributed by atoms with Gasteiger partial charge < -0.3 is 20.3 Å². The van der Waals surface area contributed by atoms with Gasteiger partial charge in [-0.3, -0.25) is 0 Å². The third-order valence-electron chi connectivity index (χ3n) is 9.40. The van der Waals surface area contributed by atoms with Gasteiger partial charge in [0.15, 0.2) is 0 Å². The second-order valence-corrected chi connectivity index (χ2v) is 12.5. The summed E-state index contributed by atoms with van der Waals surface area (Å²) in [6, 6.07) is 0. The van der Waals surface area contributed by atoms with Crippen LogP contribution in [0, 0.1) is 29.1 Å². The summed E-state index contributed by atoms with van der Waals surface area (Å²) in [4.78, 5) is 0. The topological polar surface area (TPSA) is 64.7 Å². The smallest absolute Gasteiger partial charge is 0.119 e. The Labute approximate surface area is 209 Å². The van der Waals surface area contributed by atoms with E-state index in [4.69, 9.17) is 15.2 Å². The van der Waals surface area contributed by atoms with Crippen LogP contribution in [0.15, 0.2) is 23.8 Å². The Morgan fingerprint density at radius 3 is 2.47 bits per heavy atom. The minimum absolute atomic E-state index is 0.0217. The number of ether oxygens (including phenoxy) is 2. The van der Waals surface area contributed by atoms with Gasteiger partial charge in [0, 0.05) is 24.5 Å². The van der Waals surface area contributed by atoms with Crippen LogP contribution in [0.5, 0.6) is 0 Å². The molecule has 3 aliphatic carbocycles. The third kappa shape index (κ3) is 6.55. The molecule has 34 heavy (non-hydrogen) atoms. The molecular weight excluding hydrogens is 422 g/mol. The maximum Gasteiger partial charge on any atom is 0.119 e. The molecule has 4 heteroatoms. The van der Waals surface area contributed by atoms with E-state index in [-0.39, 0.29) is 11.5 Å². The van der Waals surface area contributed by atoms with E-state index in [0.29, 0.717) is 24.4 Å². The quantitative estimate of drug-likeness (QED) is 0.191. The summed E-state index contributed by atoms with van der Waals surface area (Å²) in [5, 5.41) is 10.3. The van der Waals surface area contributed by atoms with E-state index in [0.717, 1.165) is 31.3 Å². The molecular formula is C30H53NO3. The van der Waals surface area contributed by atoms with Gasteiger partial charge in [-0.05, 0) is 89.9 Å². The van der Waals surface area contributed by atoms with Crippen LogP contribution in [0.3, 0.4) is 0 Å². The first-order valence-electron chi connectivity index (χ1n) is 14.1. The van der Waals surface area contributed by atoms with E-state index < -0.39 is 11.8 Å². The molecule has 0 radical (unpaired) electrons. The lowest BCUT2D eigenvalue weighted by atomic mass is 9.83. The van der Waals surface area contributed by atoms with Gasteiger partial charge in [0.2, 0.25) is 0 Å². The molecule has 8 unspecified atom stereocenters. The van der Waals surface area contributed by atoms with Gasteiger partial charge in [-0.2, -0.15) is 0 Å². The zero-order valence-electron chi connectivity index (χ0n) is 22.9. The molecule has 0 aromatic rings. The van der Waals surface area contributed by atoms with Gasteiger partial charge in [-0.1, -0.05) is 57.4 Å². The fourth-order valence-corrected chi connectivity index (χ4v) is 6.45. The van der Waals surface area contributed by atoms with Crippen LogP contribution in [-0.4, -0.2) is 35.8 Å². The molecule has 0 aliphatic heterocycles. The summed E-state index contributed by atoms with van der Waals surface area (Å²) in [6.07, 6.45) is 17.4. The Morgan fingerprint density at radius 2 is 1.79 bits per heavy atom. The van der Waals surface area contributed by atoms with Crippen molar-refractivity contribution < 1.29 is 14.6 Å². The molecule has 196 valence electrons. The molecule has 8 atom stereocenters. The average Bonchev–Trinajstić information content (AvgIpc) is 3.57. The lowest BCUT2D eigenvalue weighted by Crippen LogP contribution is -2.52. The van der Waals surface area contributed by atoms with E-state index in [1.165, 1.54) is 50.5 Å². The molecule has 0 spiro atoms. The zero-order chi connectivity index (χ0) is 25.0. The van der Waals surface area contributed by atoms with Crippen molar-refractivity contribution in [3.05, 3.63) is 23.8 Å². The highest BCUT2D eigenvalue weighted by Crippen LogP contribution is 2.86. The summed E-state index contributed by atoms with van der Waals surface area (Å²) in [5.41, 5.74) is 7.82. The first kappa shape index (κ1) is 27.9. The van der Waals surface area contributed by atoms with Crippen molar-refractivity contribution in [3.8, 4) is 0 Å². The molecule has 0 amide bonds. The number of hydrogen-bond donors (Lipinski definition) is 2. The Hall–Kier alpha value is -0.680. The maximum atomic E-state index is 10.3. The molecule has 4 nitrogen and oxygen atoms in total. The SMILES string of the molecule is CC(C)=CCCC(C)CCOC12CC1(CCCC(C)CCOC(C)(N)C1CC=CCC1O)C2C. The van der Waals surface area contributed by atoms with E-state index >= 15 is 0 Å². The van der Waals surface area contributed by atoms with E-state index in [9.17, 15) is 5.11 Å². The van der Waals surface area contributed by atoms with Crippen molar-refractivity contribution in [2.45, 2.75) is 123 Å². The van der Waals surface area contributed by atoms with Gasteiger partial charge in [0.1, 0.15) is 5.72 Å². The molecule has 3 aliphatic rings. The minimum Gasteiger partial charge on any atom is -0.392 e. The van der Waals surface area contributed by atoms with E-state index in [1.807, 2.05) is 13.0 Å². The predicted octanol–water partition coefficient (Wildman–Crippen LogP) is 6.77. The number of aliphatic hydroxyl groups is 1. The molecule has 0 aromatic heterocycles. The Balaban J connectivity index is 1.27. The summed E-state index contributed by atoms with van der Waals surface area (Å²) < 4.78 is 12.6. The van der Waals surface area contributed by atoms with Crippen molar-refractivity contribution in [2.24, 2.45) is 34.8 Å². The standard InChI is InChI=1S/C30H53NO3/c1-22(2)11-9-12-23(3)17-20-34-30-21-29(30,25(30)5)18-10-13-24(4)16-19-33-28(6,31)26-14-7-8-15-27(26)32/h7-8,11,23-27,32H,9-10,12-21,31H2,1-6H3. The molecule has 0 heterocycles. The van der Waals surface area contributed by atoms with Crippen LogP contribution in [0.2, 0.25) is 0 Å². The first-order chi connectivity index (χ1) is 16.0. The summed E-state index contributed by atoms with van der Waals surface area (Å²) in [7, 11) is 0. The van der Waals surface area contributed by atoms with Crippen molar-refractivity contribution >= 4 is 0 Å². The van der Waals surface area contributed by atoms with E-state index in [1.54, 1.807) is 0 Å². The van der Waals surface area contributed by atoms with Gasteiger partial charge in [0.05, 0.1) is 11.7 Å². The summed E-state index contributed by atoms with van der Waals surface area (Å²) in [6.45, 7) is 15.0. The molecule has 2 saturated carbocycles. The van der Waals surface area contributed by atoms with Gasteiger partial charge >= 0.3 is 0 Å². The summed E-state index contributed by atoms with van der Waals surface area (Å²) >= 11 is 0. The van der Waals surface area contributed by atoms with Gasteiger partial charge in [0.25, 0.3) is 0 Å². The molecule has 2 fully saturated rings. The van der Waals surface area contributed by atoms with E-state index in [2.05, 4.69) is 46.8 Å². The molecule has 3 N–H and O–H groups in total. The van der Waals surface area contributed by atoms with Crippen molar-refractivity contribution in [1.29, 1.82) is 0 Å². The first-order valence-corrected chi connectivity index (χ1v) is 14.1. The Bertz CT molecular complexity index is 712. The highest BCUT2D eigenvalue weighted by atomic mass is 16.5. The van der Waals surface area contributed by atoms with Crippen molar-refractivity contribution in [1.82, 2.24) is 0 Å². The van der Waals surface area contributed by atoms with Crippen LogP contribution in [0.25, 0.3) is 0 Å². The lowest BCUT2D eigenvalue weighted by Gasteiger charge is -2.38. The fraction of sp³-hybridized carbons (Fsp3) is 0.867. The molecule has 3 rings (SSSR count). The summed E-state index contributed by atoms with van der Waals surface area (Å²) in [5.74, 6) is 2.10. The number of nitrogens with two attached hydrogens (primary N) is 1. The van der Waals surface area contributed by atoms with Crippen LogP contribution >= 0.6 is 0 Å². The largest absolute Gasteiger partial charge is 0.392 e. The molecule has 0 saturated heterocycles. The lowest BCUT2D eigenvalue weighted by molar-refractivity contribution is -0.108. The van der Waals surface area contributed by atoms with Gasteiger partial charge in [-0.25, -0.2) is 0 Å². The van der Waals surface area contributed by atoms with Crippen LogP contribution < -0.4 is 5.73 Å². The third-order valence-corrected chi connectivity index (χ3v) is 9.40. The zero-order valence-corrected chi connectivity index (χ0v) is 22.9. The normalized spacial score (nSPS) is 35.2. The second-order valence-electron chi connectivity index (χ2n) is 12.5. The molecule has 0 bridgehead atoms. The fourth-order valence-electron chi connectivity index (χ4n) is 6.45. The highest BCUT2D eigenvalue weighted by Gasteiger charge is 2.89. The number of aliphatic hydroxyl groups excluding tert-OH is 1. The second kappa shape index (κ2) is 11.6.